The molecule has 0 saturated heterocycles. The summed E-state index contributed by atoms with van der Waals surface area (Å²) in [5, 5.41) is 0. The van der Waals surface area contributed by atoms with Gasteiger partial charge in [0.15, 0.2) is 5.78 Å². The highest BCUT2D eigenvalue weighted by Gasteiger charge is 2.26. The van der Waals surface area contributed by atoms with Crippen molar-refractivity contribution in [1.82, 2.24) is 0 Å². The molecule has 0 unspecified atom stereocenters. The van der Waals surface area contributed by atoms with E-state index in [1.165, 1.54) is 11.1 Å². The van der Waals surface area contributed by atoms with E-state index in [9.17, 15) is 9.59 Å². The topological polar surface area (TPSA) is 37.4 Å². The number of ketones is 1. The van der Waals surface area contributed by atoms with Gasteiger partial charge in [-0.15, -0.1) is 0 Å². The Balaban J connectivity index is 1.62. The number of para-hydroxylation sites is 1. The van der Waals surface area contributed by atoms with Crippen LogP contribution in [-0.4, -0.2) is 18.2 Å². The van der Waals surface area contributed by atoms with E-state index in [0.29, 0.717) is 24.9 Å². The molecule has 2 aromatic rings. The fraction of sp³-hybridized carbons (Fsp3) is 0.300. The molecular weight excluding hydrogens is 286 g/mol. The summed E-state index contributed by atoms with van der Waals surface area (Å²) in [7, 11) is 0. The van der Waals surface area contributed by atoms with Crippen LogP contribution < -0.4 is 4.90 Å². The van der Waals surface area contributed by atoms with E-state index in [1.54, 1.807) is 4.90 Å². The van der Waals surface area contributed by atoms with Gasteiger partial charge in [0, 0.05) is 24.9 Å². The number of benzene rings is 2. The van der Waals surface area contributed by atoms with Crippen molar-refractivity contribution in [2.45, 2.75) is 32.6 Å². The zero-order chi connectivity index (χ0) is 16.2. The molecule has 0 spiro atoms. The highest BCUT2D eigenvalue weighted by molar-refractivity contribution is 6.08. The molecule has 1 aliphatic heterocycles. The first kappa shape index (κ1) is 15.5. The first-order valence-electron chi connectivity index (χ1n) is 8.13. The van der Waals surface area contributed by atoms with Crippen molar-refractivity contribution in [3.63, 3.8) is 0 Å². The lowest BCUT2D eigenvalue weighted by atomic mass is 9.99. The minimum Gasteiger partial charge on any atom is -0.311 e. The van der Waals surface area contributed by atoms with Crippen LogP contribution in [0.25, 0.3) is 0 Å². The predicted octanol–water partition coefficient (Wildman–Crippen LogP) is 3.94. The molecule has 1 aliphatic rings. The number of fused-ring (bicyclic) bond motifs is 1. The summed E-state index contributed by atoms with van der Waals surface area (Å²) in [5.74, 6) is 0.237. The van der Waals surface area contributed by atoms with Crippen LogP contribution in [0.2, 0.25) is 0 Å². The molecule has 0 bridgehead atoms. The van der Waals surface area contributed by atoms with E-state index in [4.69, 9.17) is 0 Å². The third-order valence-corrected chi connectivity index (χ3v) is 4.34. The second kappa shape index (κ2) is 6.78. The summed E-state index contributed by atoms with van der Waals surface area (Å²) in [4.78, 5) is 26.2. The highest BCUT2D eigenvalue weighted by Crippen LogP contribution is 2.27. The van der Waals surface area contributed by atoms with Gasteiger partial charge in [0.1, 0.15) is 0 Å². The van der Waals surface area contributed by atoms with Gasteiger partial charge in [-0.3, -0.25) is 9.59 Å². The molecule has 118 valence electrons. The van der Waals surface area contributed by atoms with Gasteiger partial charge in [-0.2, -0.15) is 0 Å². The summed E-state index contributed by atoms with van der Waals surface area (Å²) >= 11 is 0. The number of anilines is 1. The van der Waals surface area contributed by atoms with Gasteiger partial charge in [-0.25, -0.2) is 0 Å². The van der Waals surface area contributed by atoms with Gasteiger partial charge in [-0.05, 0) is 37.5 Å². The summed E-state index contributed by atoms with van der Waals surface area (Å²) in [6, 6.07) is 15.8. The van der Waals surface area contributed by atoms with Crippen molar-refractivity contribution in [2.75, 3.05) is 11.4 Å². The number of nitrogens with zero attached hydrogens (tertiary/aromatic N) is 1. The van der Waals surface area contributed by atoms with E-state index >= 15 is 0 Å². The monoisotopic (exact) mass is 307 g/mol. The number of rotatable bonds is 4. The van der Waals surface area contributed by atoms with Crippen molar-refractivity contribution in [3.8, 4) is 0 Å². The molecule has 3 rings (SSSR count). The Kier molecular flexibility index (Phi) is 4.56. The van der Waals surface area contributed by atoms with E-state index < -0.39 is 0 Å². The molecule has 0 saturated carbocycles. The minimum atomic E-state index is 0.108. The van der Waals surface area contributed by atoms with Gasteiger partial charge in [-0.1, -0.05) is 42.0 Å². The number of hydrogen-bond donors (Lipinski definition) is 0. The Morgan fingerprint density at radius 2 is 1.83 bits per heavy atom. The molecule has 3 nitrogen and oxygen atoms in total. The van der Waals surface area contributed by atoms with Gasteiger partial charge in [0.25, 0.3) is 0 Å². The average Bonchev–Trinajstić information content (AvgIpc) is 2.57. The maximum atomic E-state index is 12.5. The largest absolute Gasteiger partial charge is 0.311 e. The molecule has 0 fully saturated rings. The first-order valence-corrected chi connectivity index (χ1v) is 8.13. The second-order valence-corrected chi connectivity index (χ2v) is 6.07. The second-order valence-electron chi connectivity index (χ2n) is 6.07. The molecule has 0 radical (unpaired) electrons. The maximum absolute atomic E-state index is 12.5. The summed E-state index contributed by atoms with van der Waals surface area (Å²) in [5.41, 5.74) is 3.95. The molecule has 1 amide bonds. The van der Waals surface area contributed by atoms with Crippen molar-refractivity contribution in [2.24, 2.45) is 0 Å². The lowest BCUT2D eigenvalue weighted by Gasteiger charge is -2.28. The van der Waals surface area contributed by atoms with Crippen molar-refractivity contribution < 1.29 is 9.59 Å². The van der Waals surface area contributed by atoms with Crippen LogP contribution in [0.15, 0.2) is 48.5 Å². The smallest absolute Gasteiger partial charge is 0.227 e. The van der Waals surface area contributed by atoms with Crippen LogP contribution in [0.1, 0.15) is 40.7 Å². The number of amides is 1. The molecule has 23 heavy (non-hydrogen) atoms. The Morgan fingerprint density at radius 1 is 1.09 bits per heavy atom. The third-order valence-electron chi connectivity index (χ3n) is 4.34. The molecule has 2 aromatic carbocycles. The van der Waals surface area contributed by atoms with Crippen molar-refractivity contribution in [1.29, 1.82) is 0 Å². The fourth-order valence-corrected chi connectivity index (χ4v) is 3.01. The predicted molar refractivity (Wildman–Crippen MR) is 91.9 cm³/mol. The summed E-state index contributed by atoms with van der Waals surface area (Å²) in [6.45, 7) is 2.57. The van der Waals surface area contributed by atoms with Crippen LogP contribution in [0.3, 0.4) is 0 Å². The minimum absolute atomic E-state index is 0.108. The molecular formula is C20H21NO2. The molecule has 0 N–H and O–H groups in total. The lowest BCUT2D eigenvalue weighted by molar-refractivity contribution is -0.118. The van der Waals surface area contributed by atoms with Crippen LogP contribution >= 0.6 is 0 Å². The van der Waals surface area contributed by atoms with Crippen LogP contribution in [-0.2, 0) is 11.2 Å². The van der Waals surface area contributed by atoms with E-state index in [1.807, 2.05) is 24.3 Å². The first-order chi connectivity index (χ1) is 11.1. The number of carbonyl (C=O) groups excluding carboxylic acids is 2. The molecule has 1 heterocycles. The number of Topliss-reactive ketones (excluding diaryl/α,β-unsaturated/α-hetero) is 1. The van der Waals surface area contributed by atoms with E-state index in [-0.39, 0.29) is 11.7 Å². The third kappa shape index (κ3) is 3.50. The normalized spacial score (nSPS) is 13.8. The average molecular weight is 307 g/mol. The Morgan fingerprint density at radius 3 is 2.61 bits per heavy atom. The van der Waals surface area contributed by atoms with Gasteiger partial charge in [0.2, 0.25) is 5.91 Å². The van der Waals surface area contributed by atoms with Crippen molar-refractivity contribution >= 4 is 17.4 Å². The fourth-order valence-electron chi connectivity index (χ4n) is 3.01. The Hall–Kier alpha value is -2.42. The van der Waals surface area contributed by atoms with Crippen LogP contribution in [0.5, 0.6) is 0 Å². The highest BCUT2D eigenvalue weighted by atomic mass is 16.2. The lowest BCUT2D eigenvalue weighted by Crippen LogP contribution is -2.37. The number of carbonyl (C=O) groups is 2. The number of hydrogen-bond acceptors (Lipinski definition) is 2. The van der Waals surface area contributed by atoms with Crippen LogP contribution in [0, 0.1) is 6.92 Å². The van der Waals surface area contributed by atoms with E-state index in [0.717, 1.165) is 18.5 Å². The summed E-state index contributed by atoms with van der Waals surface area (Å²) in [6.07, 6.45) is 2.66. The SMILES string of the molecule is Cc1ccc(CCCC(=O)N2CCC(=O)c3ccccc32)cc1. The van der Waals surface area contributed by atoms with Gasteiger partial charge >= 0.3 is 0 Å². The zero-order valence-electron chi connectivity index (χ0n) is 13.4. The maximum Gasteiger partial charge on any atom is 0.227 e. The molecule has 0 atom stereocenters. The zero-order valence-corrected chi connectivity index (χ0v) is 13.4. The molecule has 0 aliphatic carbocycles. The standard InChI is InChI=1S/C20H21NO2/c1-15-9-11-16(12-10-15)5-4-8-20(23)21-14-13-19(22)17-6-2-3-7-18(17)21/h2-3,6-7,9-12H,4-5,8,13-14H2,1H3. The van der Waals surface area contributed by atoms with Crippen LogP contribution in [0.4, 0.5) is 5.69 Å². The molecule has 3 heteroatoms. The Labute approximate surface area is 136 Å². The summed E-state index contributed by atoms with van der Waals surface area (Å²) < 4.78 is 0. The van der Waals surface area contributed by atoms with Gasteiger partial charge < -0.3 is 4.90 Å². The number of aryl methyl sites for hydroxylation is 2. The molecule has 0 aromatic heterocycles. The van der Waals surface area contributed by atoms with Gasteiger partial charge in [0.05, 0.1) is 5.69 Å². The van der Waals surface area contributed by atoms with Crippen molar-refractivity contribution in [3.05, 3.63) is 65.2 Å². The quantitative estimate of drug-likeness (QED) is 0.858. The van der Waals surface area contributed by atoms with E-state index in [2.05, 4.69) is 31.2 Å². The Bertz CT molecular complexity index is 719.